The van der Waals surface area contributed by atoms with Crippen molar-refractivity contribution in [1.29, 1.82) is 0 Å². The molecule has 0 bridgehead atoms. The number of aromatic carboxylic acids is 1. The van der Waals surface area contributed by atoms with Gasteiger partial charge in [0, 0.05) is 0 Å². The second-order valence-electron chi connectivity index (χ2n) is 3.24. The summed E-state index contributed by atoms with van der Waals surface area (Å²) in [6.45, 7) is 6.61. The fourth-order valence-electron chi connectivity index (χ4n) is 1.26. The van der Waals surface area contributed by atoms with Crippen LogP contribution in [0.1, 0.15) is 28.3 Å². The van der Waals surface area contributed by atoms with Gasteiger partial charge in [0.15, 0.2) is 0 Å². The SMILES string of the molecule is C=CCCNCc1cc(C(=O)O)c(C)o1. The van der Waals surface area contributed by atoms with Crippen LogP contribution in [0.15, 0.2) is 23.1 Å². The smallest absolute Gasteiger partial charge is 0.339 e. The Bertz CT molecular complexity index is 355. The zero-order valence-corrected chi connectivity index (χ0v) is 8.75. The van der Waals surface area contributed by atoms with Crippen molar-refractivity contribution in [2.24, 2.45) is 0 Å². The van der Waals surface area contributed by atoms with E-state index in [0.29, 0.717) is 18.1 Å². The van der Waals surface area contributed by atoms with E-state index in [1.54, 1.807) is 13.0 Å². The maximum absolute atomic E-state index is 10.7. The zero-order chi connectivity index (χ0) is 11.3. The maximum atomic E-state index is 10.7. The van der Waals surface area contributed by atoms with Gasteiger partial charge >= 0.3 is 5.97 Å². The van der Waals surface area contributed by atoms with E-state index in [2.05, 4.69) is 11.9 Å². The summed E-state index contributed by atoms with van der Waals surface area (Å²) in [6, 6.07) is 1.55. The standard InChI is InChI=1S/C11H15NO3/c1-3-4-5-12-7-9-6-10(11(13)14)8(2)15-9/h3,6,12H,1,4-5,7H2,2H3,(H,13,14). The predicted molar refractivity (Wildman–Crippen MR) is 56.9 cm³/mol. The molecular formula is C11H15NO3. The molecule has 0 atom stereocenters. The Morgan fingerprint density at radius 1 is 1.73 bits per heavy atom. The first-order valence-corrected chi connectivity index (χ1v) is 4.79. The molecular weight excluding hydrogens is 194 g/mol. The lowest BCUT2D eigenvalue weighted by Gasteiger charge is -1.98. The fraction of sp³-hybridized carbons (Fsp3) is 0.364. The molecule has 0 saturated heterocycles. The first-order chi connectivity index (χ1) is 7.15. The number of nitrogens with one attached hydrogen (secondary N) is 1. The summed E-state index contributed by atoms with van der Waals surface area (Å²) >= 11 is 0. The summed E-state index contributed by atoms with van der Waals surface area (Å²) in [6.07, 6.45) is 2.70. The zero-order valence-electron chi connectivity index (χ0n) is 8.75. The fourth-order valence-corrected chi connectivity index (χ4v) is 1.26. The molecule has 4 heteroatoms. The van der Waals surface area contributed by atoms with Crippen LogP contribution in [0.5, 0.6) is 0 Å². The lowest BCUT2D eigenvalue weighted by Crippen LogP contribution is -2.13. The molecule has 2 N–H and O–H groups in total. The molecule has 1 aromatic rings. The molecule has 0 fully saturated rings. The summed E-state index contributed by atoms with van der Waals surface area (Å²) < 4.78 is 5.29. The molecule has 4 nitrogen and oxygen atoms in total. The highest BCUT2D eigenvalue weighted by molar-refractivity contribution is 5.88. The van der Waals surface area contributed by atoms with Crippen LogP contribution in [0.3, 0.4) is 0 Å². The summed E-state index contributed by atoms with van der Waals surface area (Å²) in [7, 11) is 0. The van der Waals surface area contributed by atoms with E-state index < -0.39 is 5.97 Å². The molecule has 0 spiro atoms. The van der Waals surface area contributed by atoms with Crippen molar-refractivity contribution in [3.8, 4) is 0 Å². The minimum atomic E-state index is -0.950. The van der Waals surface area contributed by atoms with Crippen molar-refractivity contribution in [1.82, 2.24) is 5.32 Å². The highest BCUT2D eigenvalue weighted by Gasteiger charge is 2.12. The van der Waals surface area contributed by atoms with Crippen molar-refractivity contribution in [3.05, 3.63) is 35.8 Å². The summed E-state index contributed by atoms with van der Waals surface area (Å²) in [4.78, 5) is 10.7. The minimum absolute atomic E-state index is 0.232. The Morgan fingerprint density at radius 2 is 2.47 bits per heavy atom. The van der Waals surface area contributed by atoms with Crippen molar-refractivity contribution in [3.63, 3.8) is 0 Å². The van der Waals surface area contributed by atoms with Crippen LogP contribution in [-0.4, -0.2) is 17.6 Å². The predicted octanol–water partition coefficient (Wildman–Crippen LogP) is 1.95. The van der Waals surface area contributed by atoms with Gasteiger partial charge in [-0.15, -0.1) is 6.58 Å². The molecule has 0 aliphatic carbocycles. The minimum Gasteiger partial charge on any atom is -0.478 e. The molecule has 0 saturated carbocycles. The van der Waals surface area contributed by atoms with Crippen molar-refractivity contribution in [2.75, 3.05) is 6.54 Å². The highest BCUT2D eigenvalue weighted by atomic mass is 16.4. The van der Waals surface area contributed by atoms with E-state index in [4.69, 9.17) is 9.52 Å². The number of carboxylic acids is 1. The average Bonchev–Trinajstić information content (AvgIpc) is 2.55. The number of aryl methyl sites for hydroxylation is 1. The number of hydrogen-bond donors (Lipinski definition) is 2. The molecule has 1 rings (SSSR count). The van der Waals surface area contributed by atoms with Gasteiger partial charge in [-0.05, 0) is 26.0 Å². The Hall–Kier alpha value is -1.55. The van der Waals surface area contributed by atoms with Gasteiger partial charge in [-0.2, -0.15) is 0 Å². The molecule has 0 aliphatic heterocycles. The average molecular weight is 209 g/mol. The first-order valence-electron chi connectivity index (χ1n) is 4.79. The normalized spacial score (nSPS) is 10.2. The second-order valence-corrected chi connectivity index (χ2v) is 3.24. The van der Waals surface area contributed by atoms with Crippen LogP contribution in [-0.2, 0) is 6.54 Å². The van der Waals surface area contributed by atoms with E-state index in [1.165, 1.54) is 0 Å². The van der Waals surface area contributed by atoms with Crippen molar-refractivity contribution >= 4 is 5.97 Å². The maximum Gasteiger partial charge on any atom is 0.339 e. The Kier molecular flexibility index (Phi) is 4.12. The molecule has 0 aliphatic rings. The quantitative estimate of drug-likeness (QED) is 0.555. The van der Waals surface area contributed by atoms with Crippen LogP contribution in [0.2, 0.25) is 0 Å². The Morgan fingerprint density at radius 3 is 3.00 bits per heavy atom. The summed E-state index contributed by atoms with van der Waals surface area (Å²) in [5, 5.41) is 11.9. The van der Waals surface area contributed by atoms with Crippen molar-refractivity contribution < 1.29 is 14.3 Å². The molecule has 1 heterocycles. The monoisotopic (exact) mass is 209 g/mol. The molecule has 15 heavy (non-hydrogen) atoms. The summed E-state index contributed by atoms with van der Waals surface area (Å²) in [5.74, 6) is 0.144. The lowest BCUT2D eigenvalue weighted by molar-refractivity contribution is 0.0695. The van der Waals surface area contributed by atoms with E-state index in [-0.39, 0.29) is 5.56 Å². The van der Waals surface area contributed by atoms with Crippen LogP contribution < -0.4 is 5.32 Å². The van der Waals surface area contributed by atoms with Crippen LogP contribution in [0.25, 0.3) is 0 Å². The third kappa shape index (κ3) is 3.25. The first kappa shape index (κ1) is 11.5. The van der Waals surface area contributed by atoms with Crippen LogP contribution in [0.4, 0.5) is 0 Å². The lowest BCUT2D eigenvalue weighted by atomic mass is 10.2. The van der Waals surface area contributed by atoms with Crippen LogP contribution >= 0.6 is 0 Å². The van der Waals surface area contributed by atoms with Gasteiger partial charge in [-0.25, -0.2) is 4.79 Å². The number of carbonyl (C=O) groups is 1. The molecule has 0 aromatic carbocycles. The third-order valence-corrected chi connectivity index (χ3v) is 2.02. The molecule has 0 unspecified atom stereocenters. The van der Waals surface area contributed by atoms with E-state index >= 15 is 0 Å². The Balaban J connectivity index is 2.52. The number of rotatable bonds is 6. The third-order valence-electron chi connectivity index (χ3n) is 2.02. The Labute approximate surface area is 88.6 Å². The molecule has 82 valence electrons. The van der Waals surface area contributed by atoms with Gasteiger partial charge in [-0.1, -0.05) is 6.08 Å². The molecule has 1 aromatic heterocycles. The van der Waals surface area contributed by atoms with E-state index in [0.717, 1.165) is 13.0 Å². The van der Waals surface area contributed by atoms with Gasteiger partial charge in [0.25, 0.3) is 0 Å². The second kappa shape index (κ2) is 5.36. The van der Waals surface area contributed by atoms with Gasteiger partial charge in [0.1, 0.15) is 17.1 Å². The highest BCUT2D eigenvalue weighted by Crippen LogP contribution is 2.14. The van der Waals surface area contributed by atoms with Crippen LogP contribution in [0, 0.1) is 6.92 Å². The van der Waals surface area contributed by atoms with Crippen molar-refractivity contribution in [2.45, 2.75) is 19.9 Å². The number of furan rings is 1. The largest absolute Gasteiger partial charge is 0.478 e. The van der Waals surface area contributed by atoms with Gasteiger partial charge in [-0.3, -0.25) is 0 Å². The van der Waals surface area contributed by atoms with Gasteiger partial charge < -0.3 is 14.8 Å². The molecule has 0 radical (unpaired) electrons. The van der Waals surface area contributed by atoms with E-state index in [1.807, 2.05) is 6.08 Å². The topological polar surface area (TPSA) is 62.5 Å². The number of hydrogen-bond acceptors (Lipinski definition) is 3. The van der Waals surface area contributed by atoms with Gasteiger partial charge in [0.2, 0.25) is 0 Å². The van der Waals surface area contributed by atoms with Gasteiger partial charge in [0.05, 0.1) is 6.54 Å². The number of carboxylic acid groups (broad SMARTS) is 1. The van der Waals surface area contributed by atoms with E-state index in [9.17, 15) is 4.79 Å². The summed E-state index contributed by atoms with van der Waals surface area (Å²) in [5.41, 5.74) is 0.232. The molecule has 0 amide bonds.